The molecule has 0 atom stereocenters. The van der Waals surface area contributed by atoms with Crippen molar-refractivity contribution in [1.29, 1.82) is 0 Å². The molecule has 7 heteroatoms. The van der Waals surface area contributed by atoms with Crippen LogP contribution in [0.25, 0.3) is 0 Å². The fraction of sp³-hybridized carbons (Fsp3) is 0. The van der Waals surface area contributed by atoms with E-state index in [1.54, 1.807) is 0 Å². The number of hydrogen-bond donors (Lipinski definition) is 1. The third-order valence-corrected chi connectivity index (χ3v) is 2.55. The van der Waals surface area contributed by atoms with Crippen LogP contribution in [-0.2, 0) is 0 Å². The Morgan fingerprint density at radius 3 is 2.42 bits per heavy atom. The predicted molar refractivity (Wildman–Crippen MR) is 63.5 cm³/mol. The maximum absolute atomic E-state index is 13.3. The van der Waals surface area contributed by atoms with Gasteiger partial charge in [0.1, 0.15) is 16.7 Å². The van der Waals surface area contributed by atoms with E-state index in [9.17, 15) is 18.0 Å². The summed E-state index contributed by atoms with van der Waals surface area (Å²) in [5, 5.41) is 1.87. The molecule has 0 unspecified atom stereocenters. The number of nitrogens with zero attached hydrogens (tertiary/aromatic N) is 1. The summed E-state index contributed by atoms with van der Waals surface area (Å²) >= 11 is 5.67. The van der Waals surface area contributed by atoms with Crippen molar-refractivity contribution < 1.29 is 18.0 Å². The molecule has 0 aliphatic heterocycles. The van der Waals surface area contributed by atoms with Gasteiger partial charge in [-0.2, -0.15) is 0 Å². The Hall–Kier alpha value is -2.08. The lowest BCUT2D eigenvalue weighted by Crippen LogP contribution is -2.15. The highest BCUT2D eigenvalue weighted by molar-refractivity contribution is 6.33. The number of benzene rings is 1. The largest absolute Gasteiger partial charge is 0.317 e. The molecule has 0 saturated heterocycles. The van der Waals surface area contributed by atoms with E-state index in [0.29, 0.717) is 12.1 Å². The summed E-state index contributed by atoms with van der Waals surface area (Å²) in [6, 6.07) is 3.70. The molecule has 0 aliphatic rings. The van der Waals surface area contributed by atoms with Gasteiger partial charge in [0.2, 0.25) is 0 Å². The summed E-state index contributed by atoms with van der Waals surface area (Å²) < 4.78 is 39.4. The molecular weight excluding hydrogens is 281 g/mol. The average molecular weight is 287 g/mol. The highest BCUT2D eigenvalue weighted by Crippen LogP contribution is 2.22. The molecule has 1 N–H and O–H groups in total. The molecular formula is C12H6ClF3N2O. The van der Waals surface area contributed by atoms with Gasteiger partial charge in [0.25, 0.3) is 5.91 Å². The quantitative estimate of drug-likeness (QED) is 0.860. The maximum atomic E-state index is 13.3. The summed E-state index contributed by atoms with van der Waals surface area (Å²) in [5.74, 6) is -4.35. The molecule has 1 amide bonds. The van der Waals surface area contributed by atoms with Crippen molar-refractivity contribution in [2.45, 2.75) is 0 Å². The SMILES string of the molecule is O=C(Nc1c(F)cc(F)cc1F)c1cccnc1Cl. The van der Waals surface area contributed by atoms with Crippen LogP contribution in [-0.4, -0.2) is 10.9 Å². The van der Waals surface area contributed by atoms with Gasteiger partial charge in [-0.3, -0.25) is 4.79 Å². The smallest absolute Gasteiger partial charge is 0.258 e. The number of hydrogen-bond acceptors (Lipinski definition) is 2. The van der Waals surface area contributed by atoms with Crippen LogP contribution < -0.4 is 5.32 Å². The number of carbonyl (C=O) groups is 1. The van der Waals surface area contributed by atoms with E-state index in [1.807, 2.05) is 5.32 Å². The molecule has 98 valence electrons. The summed E-state index contributed by atoms with van der Waals surface area (Å²) in [6.07, 6.45) is 1.36. The molecule has 2 rings (SSSR count). The summed E-state index contributed by atoms with van der Waals surface area (Å²) in [6.45, 7) is 0. The number of pyridine rings is 1. The monoisotopic (exact) mass is 286 g/mol. The van der Waals surface area contributed by atoms with Gasteiger partial charge < -0.3 is 5.32 Å². The van der Waals surface area contributed by atoms with Crippen molar-refractivity contribution >= 4 is 23.2 Å². The first-order valence-corrected chi connectivity index (χ1v) is 5.43. The van der Waals surface area contributed by atoms with Crippen LogP contribution in [0, 0.1) is 17.5 Å². The van der Waals surface area contributed by atoms with E-state index in [1.165, 1.54) is 18.3 Å². The summed E-state index contributed by atoms with van der Waals surface area (Å²) in [4.78, 5) is 15.4. The van der Waals surface area contributed by atoms with Crippen LogP contribution in [0.2, 0.25) is 5.15 Å². The molecule has 0 fully saturated rings. The zero-order valence-corrected chi connectivity index (χ0v) is 10.0. The van der Waals surface area contributed by atoms with E-state index in [-0.39, 0.29) is 10.7 Å². The second-order valence-corrected chi connectivity index (χ2v) is 3.90. The number of rotatable bonds is 2. The van der Waals surface area contributed by atoms with Gasteiger partial charge in [-0.15, -0.1) is 0 Å². The first-order valence-electron chi connectivity index (χ1n) is 5.05. The Balaban J connectivity index is 2.32. The van der Waals surface area contributed by atoms with Crippen LogP contribution in [0.4, 0.5) is 18.9 Å². The number of aromatic nitrogens is 1. The van der Waals surface area contributed by atoms with Gasteiger partial charge >= 0.3 is 0 Å². The molecule has 1 heterocycles. The minimum atomic E-state index is -1.22. The summed E-state index contributed by atoms with van der Waals surface area (Å²) in [7, 11) is 0. The number of halogens is 4. The molecule has 0 bridgehead atoms. The Kier molecular flexibility index (Phi) is 3.71. The second-order valence-electron chi connectivity index (χ2n) is 3.54. The van der Waals surface area contributed by atoms with Crippen LogP contribution in [0.15, 0.2) is 30.5 Å². The Morgan fingerprint density at radius 2 is 1.84 bits per heavy atom. The van der Waals surface area contributed by atoms with Gasteiger partial charge in [-0.1, -0.05) is 11.6 Å². The second kappa shape index (κ2) is 5.27. The van der Waals surface area contributed by atoms with Crippen molar-refractivity contribution in [3.63, 3.8) is 0 Å². The minimum Gasteiger partial charge on any atom is -0.317 e. The fourth-order valence-corrected chi connectivity index (χ4v) is 1.60. The predicted octanol–water partition coefficient (Wildman–Crippen LogP) is 3.40. The van der Waals surface area contributed by atoms with Crippen molar-refractivity contribution in [3.8, 4) is 0 Å². The molecule has 19 heavy (non-hydrogen) atoms. The molecule has 1 aromatic heterocycles. The van der Waals surface area contributed by atoms with Crippen LogP contribution in [0.3, 0.4) is 0 Å². The van der Waals surface area contributed by atoms with Gasteiger partial charge in [-0.05, 0) is 12.1 Å². The van der Waals surface area contributed by atoms with Gasteiger partial charge in [0, 0.05) is 18.3 Å². The van der Waals surface area contributed by atoms with Crippen molar-refractivity contribution in [1.82, 2.24) is 4.98 Å². The number of anilines is 1. The van der Waals surface area contributed by atoms with Gasteiger partial charge in [0.15, 0.2) is 11.6 Å². The van der Waals surface area contributed by atoms with Gasteiger partial charge in [-0.25, -0.2) is 18.2 Å². The van der Waals surface area contributed by atoms with Crippen molar-refractivity contribution in [3.05, 3.63) is 58.6 Å². The molecule has 0 aliphatic carbocycles. The van der Waals surface area contributed by atoms with E-state index in [2.05, 4.69) is 4.98 Å². The van der Waals surface area contributed by atoms with Gasteiger partial charge in [0.05, 0.1) is 5.56 Å². The van der Waals surface area contributed by atoms with Crippen LogP contribution in [0.1, 0.15) is 10.4 Å². The molecule has 2 aromatic rings. The topological polar surface area (TPSA) is 42.0 Å². The van der Waals surface area contributed by atoms with E-state index in [0.717, 1.165) is 0 Å². The average Bonchev–Trinajstić information content (AvgIpc) is 2.34. The highest BCUT2D eigenvalue weighted by atomic mass is 35.5. The molecule has 3 nitrogen and oxygen atoms in total. The number of amides is 1. The number of carbonyl (C=O) groups excluding carboxylic acids is 1. The third kappa shape index (κ3) is 2.85. The fourth-order valence-electron chi connectivity index (χ4n) is 1.40. The minimum absolute atomic E-state index is 0.0488. The molecule has 1 aromatic carbocycles. The van der Waals surface area contributed by atoms with E-state index >= 15 is 0 Å². The Labute approximate surface area is 111 Å². The van der Waals surface area contributed by atoms with Crippen molar-refractivity contribution in [2.24, 2.45) is 0 Å². The van der Waals surface area contributed by atoms with E-state index < -0.39 is 29.0 Å². The number of nitrogens with one attached hydrogen (secondary N) is 1. The molecule has 0 saturated carbocycles. The highest BCUT2D eigenvalue weighted by Gasteiger charge is 2.17. The van der Waals surface area contributed by atoms with E-state index in [4.69, 9.17) is 11.6 Å². The first kappa shape index (κ1) is 13.4. The lowest BCUT2D eigenvalue weighted by molar-refractivity contribution is 0.102. The zero-order chi connectivity index (χ0) is 14.0. The Bertz CT molecular complexity index is 626. The van der Waals surface area contributed by atoms with Crippen LogP contribution >= 0.6 is 11.6 Å². The normalized spacial score (nSPS) is 10.3. The molecule has 0 spiro atoms. The third-order valence-electron chi connectivity index (χ3n) is 2.25. The summed E-state index contributed by atoms with van der Waals surface area (Å²) in [5.41, 5.74) is -0.793. The lowest BCUT2D eigenvalue weighted by atomic mass is 10.2. The van der Waals surface area contributed by atoms with Crippen molar-refractivity contribution in [2.75, 3.05) is 5.32 Å². The standard InChI is InChI=1S/C12H6ClF3N2O/c13-11-7(2-1-3-17-11)12(19)18-10-8(15)4-6(14)5-9(10)16/h1-5H,(H,18,19). The molecule has 0 radical (unpaired) electrons. The zero-order valence-electron chi connectivity index (χ0n) is 9.25. The maximum Gasteiger partial charge on any atom is 0.258 e. The first-order chi connectivity index (χ1) is 8.99. The lowest BCUT2D eigenvalue weighted by Gasteiger charge is -2.08. The van der Waals surface area contributed by atoms with Crippen LogP contribution in [0.5, 0.6) is 0 Å². The Morgan fingerprint density at radius 1 is 1.21 bits per heavy atom.